The molecule has 0 bridgehead atoms. The van der Waals surface area contributed by atoms with Crippen LogP contribution in [0.2, 0.25) is 0 Å². The number of carbonyl (C=O) groups is 7. The molecule has 0 aliphatic carbocycles. The molecule has 5 unspecified atom stereocenters. The van der Waals surface area contributed by atoms with Gasteiger partial charge in [0.1, 0.15) is 30.2 Å². The van der Waals surface area contributed by atoms with Crippen LogP contribution in [0, 0.1) is 5.41 Å². The number of nitrogens with one attached hydrogen (secondary N) is 6. The Morgan fingerprint density at radius 3 is 1.64 bits per heavy atom. The van der Waals surface area contributed by atoms with Crippen LogP contribution in [-0.2, 0) is 46.4 Å². The van der Waals surface area contributed by atoms with Crippen LogP contribution in [0.3, 0.4) is 0 Å². The highest BCUT2D eigenvalue weighted by molar-refractivity contribution is 7.80. The molecule has 2 aromatic rings. The van der Waals surface area contributed by atoms with Gasteiger partial charge >= 0.3 is 11.9 Å². The van der Waals surface area contributed by atoms with Gasteiger partial charge in [0, 0.05) is 37.1 Å². The second-order valence-electron chi connectivity index (χ2n) is 15.1. The van der Waals surface area contributed by atoms with E-state index in [4.69, 9.17) is 5.73 Å². The first-order valence-corrected chi connectivity index (χ1v) is 18.9. The molecule has 2 aromatic carbocycles. The summed E-state index contributed by atoms with van der Waals surface area (Å²) in [6.07, 6.45) is 1.02. The minimum atomic E-state index is -1.68. The molecular weight excluding hydrogens is 743 g/mol. The van der Waals surface area contributed by atoms with E-state index in [1.54, 1.807) is 30.3 Å². The minimum Gasteiger partial charge on any atom is -0.481 e. The second-order valence-corrected chi connectivity index (χ2v) is 15.5. The SMILES string of the molecule is CNC(C)(C)CCC(C)(C)CC(=O)NC(Cc1ccccc1)C(=O)NC(Cc1ccccc1)C(=O)NCC(N)C(=O)NC(CC(=O)O)C(=O)NC(CS)C(=O)O. The van der Waals surface area contributed by atoms with E-state index in [0.717, 1.165) is 18.4 Å². The first kappa shape index (κ1) is 47.2. The third kappa shape index (κ3) is 17.2. The zero-order valence-electron chi connectivity index (χ0n) is 32.6. The molecule has 10 N–H and O–H groups in total. The number of thiol groups is 1. The largest absolute Gasteiger partial charge is 0.481 e. The van der Waals surface area contributed by atoms with Crippen molar-refractivity contribution in [3.05, 3.63) is 71.8 Å². The van der Waals surface area contributed by atoms with Crippen molar-refractivity contribution in [3.8, 4) is 0 Å². The lowest BCUT2D eigenvalue weighted by molar-refractivity contribution is -0.143. The summed E-state index contributed by atoms with van der Waals surface area (Å²) < 4.78 is 0. The fourth-order valence-electron chi connectivity index (χ4n) is 5.48. The van der Waals surface area contributed by atoms with Crippen molar-refractivity contribution >= 4 is 54.1 Å². The summed E-state index contributed by atoms with van der Waals surface area (Å²) in [6.45, 7) is 7.67. The Hall–Kier alpha value is -5.00. The molecule has 0 saturated carbocycles. The van der Waals surface area contributed by atoms with Crippen LogP contribution in [0.1, 0.15) is 64.5 Å². The average Bonchev–Trinajstić information content (AvgIpc) is 3.14. The van der Waals surface area contributed by atoms with Crippen molar-refractivity contribution in [2.75, 3.05) is 19.3 Å². The van der Waals surface area contributed by atoms with Crippen LogP contribution in [0.4, 0.5) is 0 Å². The third-order valence-electron chi connectivity index (χ3n) is 9.23. The molecule has 5 amide bonds. The Morgan fingerprint density at radius 1 is 0.679 bits per heavy atom. The summed E-state index contributed by atoms with van der Waals surface area (Å²) in [5.74, 6) is -6.90. The predicted octanol–water partition coefficient (Wildman–Crippen LogP) is 0.538. The van der Waals surface area contributed by atoms with Gasteiger partial charge in [-0.05, 0) is 50.3 Å². The molecule has 16 nitrogen and oxygen atoms in total. The molecule has 0 spiro atoms. The Kier molecular flexibility index (Phi) is 19.0. The maximum Gasteiger partial charge on any atom is 0.327 e. The standard InChI is InChI=1S/C39H57N7O9S/c1-38(2,16-17-39(3,4)41-5)21-31(47)43-28(19-25-14-10-7-11-15-25)35(52)45-27(18-24-12-8-6-9-13-24)34(51)42-22-26(40)33(50)44-29(20-32(48)49)36(53)46-30(23-56)37(54)55/h6-15,26-30,41,56H,16-23,40H2,1-5H3,(H,42,51)(H,43,47)(H,44,50)(H,45,52)(H,46,53)(H,48,49)(H,54,55). The van der Waals surface area contributed by atoms with Crippen molar-refractivity contribution < 1.29 is 43.8 Å². The van der Waals surface area contributed by atoms with Gasteiger partial charge in [-0.25, -0.2) is 4.79 Å². The van der Waals surface area contributed by atoms with Gasteiger partial charge in [-0.1, -0.05) is 74.5 Å². The van der Waals surface area contributed by atoms with Crippen molar-refractivity contribution in [3.63, 3.8) is 0 Å². The zero-order chi connectivity index (χ0) is 42.1. The first-order chi connectivity index (χ1) is 26.3. The Balaban J connectivity index is 2.23. The topological polar surface area (TPSA) is 258 Å². The third-order valence-corrected chi connectivity index (χ3v) is 9.60. The molecular formula is C39H57N7O9S. The normalized spacial score (nSPS) is 14.2. The van der Waals surface area contributed by atoms with Crippen LogP contribution >= 0.6 is 12.6 Å². The average molecular weight is 800 g/mol. The number of carboxylic acids is 2. The Labute approximate surface area is 333 Å². The molecule has 308 valence electrons. The van der Waals surface area contributed by atoms with E-state index in [2.05, 4.69) is 58.4 Å². The van der Waals surface area contributed by atoms with Crippen molar-refractivity contribution in [1.82, 2.24) is 31.9 Å². The number of rotatable bonds is 24. The molecule has 0 fully saturated rings. The highest BCUT2D eigenvalue weighted by Crippen LogP contribution is 2.30. The minimum absolute atomic E-state index is 0.0386. The molecule has 0 saturated heterocycles. The van der Waals surface area contributed by atoms with E-state index in [1.165, 1.54) is 0 Å². The smallest absolute Gasteiger partial charge is 0.327 e. The summed E-state index contributed by atoms with van der Waals surface area (Å²) in [5.41, 5.74) is 7.00. The second kappa shape index (κ2) is 22.5. The lowest BCUT2D eigenvalue weighted by Crippen LogP contribution is -2.58. The van der Waals surface area contributed by atoms with E-state index in [1.807, 2.05) is 51.2 Å². The Bertz CT molecular complexity index is 1640. The highest BCUT2D eigenvalue weighted by atomic mass is 32.1. The van der Waals surface area contributed by atoms with Gasteiger partial charge in [0.05, 0.1) is 6.42 Å². The molecule has 17 heteroatoms. The van der Waals surface area contributed by atoms with Crippen molar-refractivity contribution in [1.29, 1.82) is 0 Å². The van der Waals surface area contributed by atoms with Gasteiger partial charge in [-0.3, -0.25) is 28.8 Å². The van der Waals surface area contributed by atoms with Crippen molar-refractivity contribution in [2.24, 2.45) is 11.1 Å². The van der Waals surface area contributed by atoms with Crippen LogP contribution in [0.5, 0.6) is 0 Å². The van der Waals surface area contributed by atoms with Gasteiger partial charge in [-0.15, -0.1) is 0 Å². The van der Waals surface area contributed by atoms with Gasteiger partial charge < -0.3 is 47.8 Å². The molecule has 5 atom stereocenters. The molecule has 0 aliphatic heterocycles. The summed E-state index contributed by atoms with van der Waals surface area (Å²) >= 11 is 3.86. The highest BCUT2D eigenvalue weighted by Gasteiger charge is 2.32. The summed E-state index contributed by atoms with van der Waals surface area (Å²) in [4.78, 5) is 89.4. The number of hydrogen-bond acceptors (Lipinski definition) is 10. The van der Waals surface area contributed by atoms with Gasteiger partial charge in [0.15, 0.2) is 0 Å². The van der Waals surface area contributed by atoms with Crippen molar-refractivity contribution in [2.45, 2.75) is 102 Å². The maximum absolute atomic E-state index is 14.0. The molecule has 56 heavy (non-hydrogen) atoms. The summed E-state index contributed by atoms with van der Waals surface area (Å²) in [6, 6.07) is 11.1. The lowest BCUT2D eigenvalue weighted by Gasteiger charge is -2.31. The van der Waals surface area contributed by atoms with Gasteiger partial charge in [-0.2, -0.15) is 12.6 Å². The fraction of sp³-hybridized carbons (Fsp3) is 0.513. The molecule has 0 radical (unpaired) electrons. The quantitative estimate of drug-likeness (QED) is 0.0656. The number of nitrogens with two attached hydrogens (primary N) is 1. The number of hydrogen-bond donors (Lipinski definition) is 10. The number of benzene rings is 2. The molecule has 0 heterocycles. The molecule has 0 aliphatic rings. The van der Waals surface area contributed by atoms with Crippen LogP contribution in [0.15, 0.2) is 60.7 Å². The van der Waals surface area contributed by atoms with E-state index < -0.39 is 78.7 Å². The van der Waals surface area contributed by atoms with Crippen LogP contribution in [-0.4, -0.2) is 107 Å². The van der Waals surface area contributed by atoms with E-state index >= 15 is 0 Å². The number of amides is 5. The van der Waals surface area contributed by atoms with E-state index in [0.29, 0.717) is 5.56 Å². The summed E-state index contributed by atoms with van der Waals surface area (Å²) in [5, 5.41) is 34.3. The number of carbonyl (C=O) groups excluding carboxylic acids is 5. The zero-order valence-corrected chi connectivity index (χ0v) is 33.5. The first-order valence-electron chi connectivity index (χ1n) is 18.3. The van der Waals surface area contributed by atoms with Crippen LogP contribution in [0.25, 0.3) is 0 Å². The van der Waals surface area contributed by atoms with Gasteiger partial charge in [0.25, 0.3) is 0 Å². The predicted molar refractivity (Wildman–Crippen MR) is 214 cm³/mol. The monoisotopic (exact) mass is 799 g/mol. The molecule has 0 aromatic heterocycles. The molecule has 2 rings (SSSR count). The van der Waals surface area contributed by atoms with Gasteiger partial charge in [0.2, 0.25) is 29.5 Å². The van der Waals surface area contributed by atoms with E-state index in [-0.39, 0.29) is 41.9 Å². The maximum atomic E-state index is 14.0. The van der Waals surface area contributed by atoms with Crippen LogP contribution < -0.4 is 37.6 Å². The lowest BCUT2D eigenvalue weighted by atomic mass is 9.80. The fourth-order valence-corrected chi connectivity index (χ4v) is 5.73. The number of aliphatic carboxylic acids is 2. The van der Waals surface area contributed by atoms with E-state index in [9.17, 15) is 43.8 Å². The Morgan fingerprint density at radius 2 is 1.16 bits per heavy atom. The summed E-state index contributed by atoms with van der Waals surface area (Å²) in [7, 11) is 1.89. The number of carboxylic acid groups (broad SMARTS) is 2.